The molecule has 5 rings (SSSR count). The maximum atomic E-state index is 6.31. The van der Waals surface area contributed by atoms with E-state index >= 15 is 0 Å². The molecule has 2 heterocycles. The molecular formula is C16H20ClN5. The van der Waals surface area contributed by atoms with Crippen molar-refractivity contribution < 1.29 is 0 Å². The van der Waals surface area contributed by atoms with Gasteiger partial charge >= 0.3 is 0 Å². The monoisotopic (exact) mass is 317 g/mol. The Hall–Kier alpha value is -1.33. The van der Waals surface area contributed by atoms with Gasteiger partial charge in [0.05, 0.1) is 11.9 Å². The lowest BCUT2D eigenvalue weighted by molar-refractivity contribution is 0.665. The zero-order valence-electron chi connectivity index (χ0n) is 12.5. The molecule has 0 radical (unpaired) electrons. The molecule has 6 heteroatoms. The zero-order valence-corrected chi connectivity index (χ0v) is 13.2. The molecular weight excluding hydrogens is 298 g/mol. The molecule has 2 fully saturated rings. The van der Waals surface area contributed by atoms with Crippen molar-refractivity contribution in [2.24, 2.45) is 5.73 Å². The summed E-state index contributed by atoms with van der Waals surface area (Å²) in [5.41, 5.74) is 9.82. The van der Waals surface area contributed by atoms with Crippen LogP contribution in [-0.2, 0) is 11.8 Å². The fourth-order valence-electron chi connectivity index (χ4n) is 4.28. The number of nitrogens with zero attached hydrogens (tertiary/aromatic N) is 3. The van der Waals surface area contributed by atoms with Gasteiger partial charge in [-0.2, -0.15) is 9.61 Å². The minimum atomic E-state index is 0.318. The van der Waals surface area contributed by atoms with Crippen LogP contribution in [0.2, 0.25) is 5.02 Å². The highest BCUT2D eigenvalue weighted by Crippen LogP contribution is 2.57. The van der Waals surface area contributed by atoms with Crippen LogP contribution < -0.4 is 11.1 Å². The number of aromatic nitrogens is 3. The summed E-state index contributed by atoms with van der Waals surface area (Å²) in [6.45, 7) is 0. The molecule has 5 nitrogen and oxygen atoms in total. The van der Waals surface area contributed by atoms with Crippen LogP contribution in [0.25, 0.3) is 5.65 Å². The van der Waals surface area contributed by atoms with Crippen LogP contribution in [0.5, 0.6) is 0 Å². The van der Waals surface area contributed by atoms with E-state index < -0.39 is 0 Å². The first-order valence-corrected chi connectivity index (χ1v) is 8.63. The molecule has 0 aromatic carbocycles. The largest absolute Gasteiger partial charge is 0.367 e. The van der Waals surface area contributed by atoms with Gasteiger partial charge < -0.3 is 11.1 Å². The van der Waals surface area contributed by atoms with E-state index in [4.69, 9.17) is 22.3 Å². The lowest BCUT2D eigenvalue weighted by atomic mass is 10.0. The second-order valence-corrected chi connectivity index (χ2v) is 7.62. The van der Waals surface area contributed by atoms with Crippen molar-refractivity contribution in [1.82, 2.24) is 14.6 Å². The second kappa shape index (κ2) is 4.36. The fraction of sp³-hybridized carbons (Fsp3) is 0.625. The number of nitrogens with two attached hydrogens (primary N) is 1. The SMILES string of the molecule is N[C@H]1CC[C@H](Nc2c3c(nc4c(Cl)cnn24)C2(CC3)CC2)C1. The number of nitrogens with one attached hydrogen (secondary N) is 1. The summed E-state index contributed by atoms with van der Waals surface area (Å²) < 4.78 is 1.90. The standard InChI is InChI=1S/C16H20ClN5/c17-12-8-19-22-14(20-10-2-1-9(18)7-10)11-3-4-16(5-6-16)13(11)21-15(12)22/h8-10,20H,1-7,18H2/t9-,10-/m0/s1. The predicted molar refractivity (Wildman–Crippen MR) is 86.5 cm³/mol. The van der Waals surface area contributed by atoms with E-state index in [0.29, 0.717) is 22.5 Å². The lowest BCUT2D eigenvalue weighted by Gasteiger charge is -2.19. The van der Waals surface area contributed by atoms with Gasteiger partial charge in [0, 0.05) is 23.1 Å². The van der Waals surface area contributed by atoms with Gasteiger partial charge in [-0.15, -0.1) is 0 Å². The molecule has 2 aromatic rings. The fourth-order valence-corrected chi connectivity index (χ4v) is 4.45. The molecule has 3 N–H and O–H groups in total. The Morgan fingerprint density at radius 1 is 1.32 bits per heavy atom. The molecule has 22 heavy (non-hydrogen) atoms. The summed E-state index contributed by atoms with van der Waals surface area (Å²) in [5, 5.41) is 8.80. The molecule has 0 aliphatic heterocycles. The first-order chi connectivity index (χ1) is 10.7. The molecule has 0 amide bonds. The van der Waals surface area contributed by atoms with Gasteiger partial charge in [-0.25, -0.2) is 4.98 Å². The van der Waals surface area contributed by atoms with Crippen LogP contribution in [0.4, 0.5) is 5.82 Å². The quantitative estimate of drug-likeness (QED) is 0.893. The Morgan fingerprint density at radius 3 is 2.91 bits per heavy atom. The molecule has 2 aromatic heterocycles. The first-order valence-electron chi connectivity index (χ1n) is 8.25. The van der Waals surface area contributed by atoms with Gasteiger partial charge in [0.1, 0.15) is 10.8 Å². The Morgan fingerprint density at radius 2 is 2.18 bits per heavy atom. The Kier molecular flexibility index (Phi) is 2.60. The average molecular weight is 318 g/mol. The normalized spacial score (nSPS) is 28.5. The van der Waals surface area contributed by atoms with Crippen LogP contribution in [0.15, 0.2) is 6.20 Å². The Bertz CT molecular complexity index is 763. The summed E-state index contributed by atoms with van der Waals surface area (Å²) >= 11 is 6.31. The highest BCUT2D eigenvalue weighted by atomic mass is 35.5. The molecule has 1 spiro atoms. The summed E-state index contributed by atoms with van der Waals surface area (Å²) in [7, 11) is 0. The minimum Gasteiger partial charge on any atom is -0.367 e. The van der Waals surface area contributed by atoms with Crippen molar-refractivity contribution in [3.05, 3.63) is 22.5 Å². The van der Waals surface area contributed by atoms with Crippen molar-refractivity contribution in [3.8, 4) is 0 Å². The van der Waals surface area contributed by atoms with Gasteiger partial charge in [0.25, 0.3) is 0 Å². The number of hydrogen-bond donors (Lipinski definition) is 2. The summed E-state index contributed by atoms with van der Waals surface area (Å²) in [5.74, 6) is 1.11. The highest BCUT2D eigenvalue weighted by Gasteiger charge is 2.51. The maximum Gasteiger partial charge on any atom is 0.176 e. The van der Waals surface area contributed by atoms with Gasteiger partial charge in [0.15, 0.2) is 5.65 Å². The molecule has 2 atom stereocenters. The molecule has 0 unspecified atom stereocenters. The second-order valence-electron chi connectivity index (χ2n) is 7.21. The third-order valence-electron chi connectivity index (χ3n) is 5.73. The first kappa shape index (κ1) is 13.1. The number of anilines is 1. The van der Waals surface area contributed by atoms with E-state index in [1.54, 1.807) is 6.20 Å². The summed E-state index contributed by atoms with van der Waals surface area (Å²) in [4.78, 5) is 4.88. The topological polar surface area (TPSA) is 68.2 Å². The van der Waals surface area contributed by atoms with Crippen LogP contribution in [0, 0.1) is 0 Å². The average Bonchev–Trinajstić information content (AvgIpc) is 2.81. The summed E-state index contributed by atoms with van der Waals surface area (Å²) in [6.07, 6.45) is 9.79. The Balaban J connectivity index is 1.65. The van der Waals surface area contributed by atoms with Crippen LogP contribution in [0.3, 0.4) is 0 Å². The maximum absolute atomic E-state index is 6.31. The van der Waals surface area contributed by atoms with Gasteiger partial charge in [-0.3, -0.25) is 0 Å². The van der Waals surface area contributed by atoms with E-state index in [-0.39, 0.29) is 0 Å². The van der Waals surface area contributed by atoms with E-state index in [1.165, 1.54) is 30.5 Å². The number of fused-ring (bicyclic) bond motifs is 3. The molecule has 116 valence electrons. The third-order valence-corrected chi connectivity index (χ3v) is 5.99. The number of halogens is 1. The van der Waals surface area contributed by atoms with Crippen LogP contribution in [0.1, 0.15) is 49.8 Å². The minimum absolute atomic E-state index is 0.318. The van der Waals surface area contributed by atoms with Crippen LogP contribution >= 0.6 is 11.6 Å². The zero-order chi connectivity index (χ0) is 14.9. The van der Waals surface area contributed by atoms with Crippen molar-refractivity contribution in [2.75, 3.05) is 5.32 Å². The smallest absolute Gasteiger partial charge is 0.176 e. The third kappa shape index (κ3) is 1.75. The lowest BCUT2D eigenvalue weighted by Crippen LogP contribution is -2.23. The van der Waals surface area contributed by atoms with Crippen LogP contribution in [-0.4, -0.2) is 26.7 Å². The van der Waals surface area contributed by atoms with E-state index in [9.17, 15) is 0 Å². The molecule has 0 saturated heterocycles. The predicted octanol–water partition coefficient (Wildman–Crippen LogP) is 2.65. The molecule has 0 bridgehead atoms. The van der Waals surface area contributed by atoms with Crippen molar-refractivity contribution in [2.45, 2.75) is 62.4 Å². The van der Waals surface area contributed by atoms with Gasteiger partial charge in [0.2, 0.25) is 0 Å². The number of rotatable bonds is 2. The van der Waals surface area contributed by atoms with E-state index in [1.807, 2.05) is 4.52 Å². The molecule has 3 aliphatic rings. The van der Waals surface area contributed by atoms with E-state index in [0.717, 1.165) is 37.1 Å². The highest BCUT2D eigenvalue weighted by molar-refractivity contribution is 6.33. The van der Waals surface area contributed by atoms with Crippen molar-refractivity contribution in [3.63, 3.8) is 0 Å². The summed E-state index contributed by atoms with van der Waals surface area (Å²) in [6, 6.07) is 0.752. The van der Waals surface area contributed by atoms with E-state index in [2.05, 4.69) is 10.4 Å². The molecule has 2 saturated carbocycles. The van der Waals surface area contributed by atoms with Crippen molar-refractivity contribution in [1.29, 1.82) is 0 Å². The van der Waals surface area contributed by atoms with Crippen molar-refractivity contribution >= 4 is 23.1 Å². The Labute approximate surface area is 134 Å². The van der Waals surface area contributed by atoms with Gasteiger partial charge in [-0.1, -0.05) is 11.6 Å². The number of hydrogen-bond acceptors (Lipinski definition) is 4. The molecule has 3 aliphatic carbocycles. The van der Waals surface area contributed by atoms with Gasteiger partial charge in [-0.05, 0) is 44.9 Å².